The second-order valence-corrected chi connectivity index (χ2v) is 11.9. The topological polar surface area (TPSA) is 80.7 Å². The van der Waals surface area contributed by atoms with Crippen molar-refractivity contribution in [2.75, 3.05) is 6.54 Å². The minimum absolute atomic E-state index is 0.0374. The van der Waals surface area contributed by atoms with Gasteiger partial charge in [0, 0.05) is 29.6 Å². The predicted molar refractivity (Wildman–Crippen MR) is 157 cm³/mol. The average Bonchev–Trinajstić information content (AvgIpc) is 3.54. The number of nitrogens with two attached hydrogens (primary N) is 1. The van der Waals surface area contributed by atoms with Crippen molar-refractivity contribution >= 4 is 23.4 Å². The summed E-state index contributed by atoms with van der Waals surface area (Å²) in [5.74, 6) is -1.73. The lowest BCUT2D eigenvalue weighted by molar-refractivity contribution is -0.121. The fraction of sp³-hybridized carbons (Fsp3) is 0.324. The summed E-state index contributed by atoms with van der Waals surface area (Å²) in [7, 11) is 0. The van der Waals surface area contributed by atoms with Crippen LogP contribution in [0.1, 0.15) is 83.7 Å². The Kier molecular flexibility index (Phi) is 6.44. The Morgan fingerprint density at radius 1 is 1.02 bits per heavy atom. The molecule has 2 aromatic carbocycles. The minimum atomic E-state index is -0.638. The predicted octanol–water partition coefficient (Wildman–Crippen LogP) is 6.59. The standard InChI is InChI=1S/C34H32F2N4O2/c1-19-25-5-3-2-4-22(25)12-13-39(19)34(42)27-17-30(23-9-10-23)40-31(32(27)36)18-29(38-40)26-11-7-21(16-28(26)35)14-20-6-8-24(15-20)33(37)41/h2-5,7,11,14,16-19,23-24H,6,8-10,12-13,15H2,1H3,(H2,37,41)/b20-14+/t19-,24?/m1/s1. The number of amides is 2. The number of pyridine rings is 1. The van der Waals surface area contributed by atoms with Crippen LogP contribution in [0, 0.1) is 17.6 Å². The summed E-state index contributed by atoms with van der Waals surface area (Å²) in [4.78, 5) is 27.1. The highest BCUT2D eigenvalue weighted by Gasteiger charge is 2.34. The molecule has 1 unspecified atom stereocenters. The summed E-state index contributed by atoms with van der Waals surface area (Å²) in [6.45, 7) is 2.50. The van der Waals surface area contributed by atoms with Gasteiger partial charge in [0.1, 0.15) is 11.3 Å². The molecule has 0 saturated heterocycles. The van der Waals surface area contributed by atoms with Crippen LogP contribution in [0.2, 0.25) is 0 Å². The number of benzene rings is 2. The molecule has 1 aliphatic heterocycles. The van der Waals surface area contributed by atoms with Gasteiger partial charge >= 0.3 is 0 Å². The molecule has 3 aliphatic rings. The van der Waals surface area contributed by atoms with E-state index in [1.54, 1.807) is 27.6 Å². The maximum absolute atomic E-state index is 16.1. The van der Waals surface area contributed by atoms with Crippen LogP contribution in [0.5, 0.6) is 0 Å². The Morgan fingerprint density at radius 2 is 1.83 bits per heavy atom. The third kappa shape index (κ3) is 4.59. The van der Waals surface area contributed by atoms with E-state index in [-0.39, 0.29) is 46.3 Å². The van der Waals surface area contributed by atoms with Gasteiger partial charge in [0.15, 0.2) is 5.82 Å². The first-order valence-corrected chi connectivity index (χ1v) is 14.7. The Balaban J connectivity index is 1.23. The SMILES string of the molecule is C[C@@H]1c2ccccc2CCN1C(=O)c1cc(C2CC2)n2nc(-c3ccc(/C=C4\CCC(C(N)=O)C4)cc3F)cc2c1F. The molecular formula is C34H32F2N4O2. The summed E-state index contributed by atoms with van der Waals surface area (Å²) in [5, 5.41) is 4.63. The molecule has 2 aromatic heterocycles. The van der Waals surface area contributed by atoms with E-state index >= 15 is 8.78 Å². The molecule has 3 heterocycles. The van der Waals surface area contributed by atoms with Crippen molar-refractivity contribution in [2.24, 2.45) is 11.7 Å². The molecule has 2 N–H and O–H groups in total. The lowest BCUT2D eigenvalue weighted by Crippen LogP contribution is -2.39. The van der Waals surface area contributed by atoms with Gasteiger partial charge in [0.25, 0.3) is 5.91 Å². The van der Waals surface area contributed by atoms with Crippen LogP contribution in [-0.2, 0) is 11.2 Å². The molecule has 2 atom stereocenters. The van der Waals surface area contributed by atoms with E-state index in [1.807, 2.05) is 31.2 Å². The van der Waals surface area contributed by atoms with E-state index in [0.29, 0.717) is 30.6 Å². The second-order valence-electron chi connectivity index (χ2n) is 11.9. The first-order valence-electron chi connectivity index (χ1n) is 14.7. The molecule has 0 radical (unpaired) electrons. The van der Waals surface area contributed by atoms with Crippen molar-refractivity contribution in [3.05, 3.63) is 99.8 Å². The molecule has 8 heteroatoms. The van der Waals surface area contributed by atoms with Gasteiger partial charge < -0.3 is 10.6 Å². The number of aromatic nitrogens is 2. The fourth-order valence-corrected chi connectivity index (χ4v) is 6.62. The van der Waals surface area contributed by atoms with Crippen LogP contribution >= 0.6 is 0 Å². The maximum Gasteiger partial charge on any atom is 0.257 e. The molecule has 2 aliphatic carbocycles. The number of fused-ring (bicyclic) bond motifs is 2. The molecule has 0 spiro atoms. The Labute approximate surface area is 242 Å². The number of carbonyl (C=O) groups excluding carboxylic acids is 2. The Hall–Kier alpha value is -4.33. The molecule has 214 valence electrons. The Morgan fingerprint density at radius 3 is 2.57 bits per heavy atom. The monoisotopic (exact) mass is 566 g/mol. The average molecular weight is 567 g/mol. The number of hydrogen-bond donors (Lipinski definition) is 1. The zero-order chi connectivity index (χ0) is 29.1. The van der Waals surface area contributed by atoms with Gasteiger partial charge in [-0.05, 0) is 86.4 Å². The summed E-state index contributed by atoms with van der Waals surface area (Å²) in [6.07, 6.45) is 6.57. The largest absolute Gasteiger partial charge is 0.369 e. The number of hydrogen-bond acceptors (Lipinski definition) is 3. The summed E-state index contributed by atoms with van der Waals surface area (Å²) in [5.41, 5.74) is 11.1. The molecule has 2 fully saturated rings. The Bertz CT molecular complexity index is 1790. The molecule has 0 bridgehead atoms. The fourth-order valence-electron chi connectivity index (χ4n) is 6.62. The minimum Gasteiger partial charge on any atom is -0.369 e. The van der Waals surface area contributed by atoms with E-state index in [9.17, 15) is 9.59 Å². The zero-order valence-electron chi connectivity index (χ0n) is 23.4. The molecule has 4 aromatic rings. The van der Waals surface area contributed by atoms with Gasteiger partial charge in [-0.2, -0.15) is 5.10 Å². The summed E-state index contributed by atoms with van der Waals surface area (Å²) < 4.78 is 33.1. The zero-order valence-corrected chi connectivity index (χ0v) is 23.4. The quantitative estimate of drug-likeness (QED) is 0.296. The van der Waals surface area contributed by atoms with Crippen LogP contribution in [0.15, 0.2) is 60.2 Å². The van der Waals surface area contributed by atoms with Gasteiger partial charge in [0.05, 0.1) is 17.3 Å². The van der Waals surface area contributed by atoms with Crippen molar-refractivity contribution < 1.29 is 18.4 Å². The second kappa shape index (κ2) is 10.2. The van der Waals surface area contributed by atoms with Crippen molar-refractivity contribution in [3.63, 3.8) is 0 Å². The number of carbonyl (C=O) groups is 2. The third-order valence-corrected chi connectivity index (χ3v) is 9.15. The van der Waals surface area contributed by atoms with Crippen LogP contribution in [0.4, 0.5) is 8.78 Å². The smallest absolute Gasteiger partial charge is 0.257 e. The van der Waals surface area contributed by atoms with Crippen LogP contribution in [0.3, 0.4) is 0 Å². The number of rotatable bonds is 5. The van der Waals surface area contributed by atoms with Crippen molar-refractivity contribution in [1.29, 1.82) is 0 Å². The number of nitrogens with zero attached hydrogens (tertiary/aromatic N) is 3. The van der Waals surface area contributed by atoms with Crippen LogP contribution in [0.25, 0.3) is 22.9 Å². The van der Waals surface area contributed by atoms with Gasteiger partial charge in [0.2, 0.25) is 5.91 Å². The van der Waals surface area contributed by atoms with E-state index in [2.05, 4.69) is 11.2 Å². The molecule has 6 nitrogen and oxygen atoms in total. The summed E-state index contributed by atoms with van der Waals surface area (Å²) in [6, 6.07) is 16.0. The van der Waals surface area contributed by atoms with Gasteiger partial charge in [-0.3, -0.25) is 9.59 Å². The summed E-state index contributed by atoms with van der Waals surface area (Å²) >= 11 is 0. The lowest BCUT2D eigenvalue weighted by atomic mass is 9.93. The van der Waals surface area contributed by atoms with Crippen molar-refractivity contribution in [3.8, 4) is 11.3 Å². The molecule has 2 saturated carbocycles. The van der Waals surface area contributed by atoms with Crippen molar-refractivity contribution in [2.45, 2.75) is 57.4 Å². The number of primary amides is 1. The first kappa shape index (κ1) is 26.6. The number of allylic oxidation sites excluding steroid dienone is 1. The maximum atomic E-state index is 16.1. The number of halogens is 2. The van der Waals surface area contributed by atoms with Gasteiger partial charge in [-0.15, -0.1) is 0 Å². The van der Waals surface area contributed by atoms with Gasteiger partial charge in [-0.1, -0.05) is 42.0 Å². The van der Waals surface area contributed by atoms with E-state index in [0.717, 1.165) is 42.5 Å². The molecule has 7 rings (SSSR count). The van der Waals surface area contributed by atoms with Gasteiger partial charge in [-0.25, -0.2) is 13.3 Å². The first-order chi connectivity index (χ1) is 20.3. The van der Waals surface area contributed by atoms with E-state index in [1.165, 1.54) is 17.7 Å². The highest BCUT2D eigenvalue weighted by molar-refractivity contribution is 5.96. The normalized spacial score (nSPS) is 21.2. The highest BCUT2D eigenvalue weighted by atomic mass is 19.1. The molecular weight excluding hydrogens is 534 g/mol. The van der Waals surface area contributed by atoms with E-state index < -0.39 is 11.6 Å². The molecule has 42 heavy (non-hydrogen) atoms. The highest BCUT2D eigenvalue weighted by Crippen LogP contribution is 2.42. The van der Waals surface area contributed by atoms with E-state index in [4.69, 9.17) is 5.73 Å². The third-order valence-electron chi connectivity index (χ3n) is 9.15. The van der Waals surface area contributed by atoms with Crippen LogP contribution in [-0.4, -0.2) is 32.9 Å². The lowest BCUT2D eigenvalue weighted by Gasteiger charge is -2.35. The van der Waals surface area contributed by atoms with Crippen LogP contribution < -0.4 is 5.73 Å². The molecule has 2 amide bonds. The van der Waals surface area contributed by atoms with Crippen molar-refractivity contribution in [1.82, 2.24) is 14.5 Å².